The van der Waals surface area contributed by atoms with Gasteiger partial charge in [-0.2, -0.15) is 12.6 Å². The zero-order valence-electron chi connectivity index (χ0n) is 8.99. The van der Waals surface area contributed by atoms with Crippen molar-refractivity contribution in [1.82, 2.24) is 9.80 Å². The molecule has 82 valence electrons. The summed E-state index contributed by atoms with van der Waals surface area (Å²) >= 11 is 4.29. The Morgan fingerprint density at radius 3 is 2.86 bits per heavy atom. The minimum absolute atomic E-state index is 0.873. The van der Waals surface area contributed by atoms with Gasteiger partial charge >= 0.3 is 0 Å². The summed E-state index contributed by atoms with van der Waals surface area (Å²) in [5.41, 5.74) is 0. The van der Waals surface area contributed by atoms with E-state index in [4.69, 9.17) is 0 Å². The van der Waals surface area contributed by atoms with Crippen LogP contribution < -0.4 is 0 Å². The first-order valence-corrected chi connectivity index (χ1v) is 6.60. The van der Waals surface area contributed by atoms with E-state index in [1.807, 2.05) is 0 Å². The van der Waals surface area contributed by atoms with E-state index >= 15 is 0 Å². The van der Waals surface area contributed by atoms with E-state index < -0.39 is 0 Å². The summed E-state index contributed by atoms with van der Waals surface area (Å²) in [6, 6.07) is 0.873. The summed E-state index contributed by atoms with van der Waals surface area (Å²) in [6.45, 7) is 6.56. The molecule has 3 heteroatoms. The summed E-state index contributed by atoms with van der Waals surface area (Å²) in [4.78, 5) is 5.34. The zero-order chi connectivity index (χ0) is 9.80. The minimum Gasteiger partial charge on any atom is -0.302 e. The monoisotopic (exact) mass is 214 g/mol. The average Bonchev–Trinajstić information content (AvgIpc) is 2.54. The normalized spacial score (nSPS) is 30.2. The SMILES string of the molecule is SCCCN1CCCN2CCCC2C1. The summed E-state index contributed by atoms with van der Waals surface area (Å²) in [5, 5.41) is 0. The Balaban J connectivity index is 1.82. The molecule has 0 aromatic heterocycles. The Morgan fingerprint density at radius 1 is 1.14 bits per heavy atom. The molecular weight excluding hydrogens is 192 g/mol. The molecule has 2 heterocycles. The second-order valence-electron chi connectivity index (χ2n) is 4.56. The van der Waals surface area contributed by atoms with Crippen LogP contribution in [-0.4, -0.2) is 54.3 Å². The Labute approximate surface area is 93.1 Å². The largest absolute Gasteiger partial charge is 0.302 e. The molecule has 2 rings (SSSR count). The van der Waals surface area contributed by atoms with Gasteiger partial charge < -0.3 is 4.90 Å². The van der Waals surface area contributed by atoms with E-state index in [0.29, 0.717) is 0 Å². The highest BCUT2D eigenvalue weighted by Gasteiger charge is 2.28. The lowest BCUT2D eigenvalue weighted by molar-refractivity contribution is 0.221. The highest BCUT2D eigenvalue weighted by atomic mass is 32.1. The van der Waals surface area contributed by atoms with Crippen molar-refractivity contribution >= 4 is 12.6 Å². The maximum Gasteiger partial charge on any atom is 0.0223 e. The summed E-state index contributed by atoms with van der Waals surface area (Å²) < 4.78 is 0. The van der Waals surface area contributed by atoms with Crippen molar-refractivity contribution in [3.05, 3.63) is 0 Å². The van der Waals surface area contributed by atoms with Gasteiger partial charge in [0.2, 0.25) is 0 Å². The fourth-order valence-electron chi connectivity index (χ4n) is 2.78. The van der Waals surface area contributed by atoms with Gasteiger partial charge in [-0.25, -0.2) is 0 Å². The van der Waals surface area contributed by atoms with Gasteiger partial charge in [-0.15, -0.1) is 0 Å². The Bertz CT molecular complexity index is 173. The number of rotatable bonds is 3. The predicted octanol–water partition coefficient (Wildman–Crippen LogP) is 1.48. The average molecular weight is 214 g/mol. The van der Waals surface area contributed by atoms with Crippen LogP contribution in [0.2, 0.25) is 0 Å². The van der Waals surface area contributed by atoms with E-state index in [9.17, 15) is 0 Å². The Morgan fingerprint density at radius 2 is 2.00 bits per heavy atom. The molecule has 0 aromatic rings. The highest BCUT2D eigenvalue weighted by molar-refractivity contribution is 7.80. The van der Waals surface area contributed by atoms with Gasteiger partial charge in [0.15, 0.2) is 0 Å². The highest BCUT2D eigenvalue weighted by Crippen LogP contribution is 2.21. The lowest BCUT2D eigenvalue weighted by atomic mass is 10.2. The number of hydrogen-bond donors (Lipinski definition) is 1. The van der Waals surface area contributed by atoms with Crippen LogP contribution in [0.25, 0.3) is 0 Å². The fourth-order valence-corrected chi connectivity index (χ4v) is 2.92. The molecular formula is C11H22N2S. The first-order chi connectivity index (χ1) is 6.90. The van der Waals surface area contributed by atoms with Crippen LogP contribution in [-0.2, 0) is 0 Å². The van der Waals surface area contributed by atoms with Gasteiger partial charge in [0.05, 0.1) is 0 Å². The van der Waals surface area contributed by atoms with Crippen molar-refractivity contribution in [2.75, 3.05) is 38.5 Å². The van der Waals surface area contributed by atoms with Crippen molar-refractivity contribution < 1.29 is 0 Å². The molecule has 2 nitrogen and oxygen atoms in total. The van der Waals surface area contributed by atoms with Crippen LogP contribution in [0.15, 0.2) is 0 Å². The molecule has 14 heavy (non-hydrogen) atoms. The molecule has 2 aliphatic heterocycles. The van der Waals surface area contributed by atoms with Crippen molar-refractivity contribution in [2.45, 2.75) is 31.7 Å². The minimum atomic E-state index is 0.873. The molecule has 2 aliphatic rings. The molecule has 0 radical (unpaired) electrons. The smallest absolute Gasteiger partial charge is 0.0223 e. The standard InChI is InChI=1S/C11H22N2S/c14-9-3-6-12-5-2-8-13-7-1-4-11(13)10-12/h11,14H,1-10H2. The van der Waals surface area contributed by atoms with E-state index in [0.717, 1.165) is 11.8 Å². The van der Waals surface area contributed by atoms with Crippen LogP contribution >= 0.6 is 12.6 Å². The molecule has 1 atom stereocenters. The number of thiol groups is 1. The van der Waals surface area contributed by atoms with Crippen molar-refractivity contribution in [3.8, 4) is 0 Å². The molecule has 0 aliphatic carbocycles. The van der Waals surface area contributed by atoms with Gasteiger partial charge in [-0.05, 0) is 57.6 Å². The number of nitrogens with zero attached hydrogens (tertiary/aromatic N) is 2. The summed E-state index contributed by atoms with van der Waals surface area (Å²) in [7, 11) is 0. The molecule has 0 spiro atoms. The van der Waals surface area contributed by atoms with Gasteiger partial charge in [-0.3, -0.25) is 4.90 Å². The van der Waals surface area contributed by atoms with Crippen LogP contribution in [0.1, 0.15) is 25.7 Å². The summed E-state index contributed by atoms with van der Waals surface area (Å²) in [5.74, 6) is 1.03. The molecule has 0 amide bonds. The Hall–Kier alpha value is 0.270. The van der Waals surface area contributed by atoms with Gasteiger partial charge in [-0.1, -0.05) is 0 Å². The van der Waals surface area contributed by atoms with Gasteiger partial charge in [0, 0.05) is 12.6 Å². The van der Waals surface area contributed by atoms with Crippen LogP contribution in [0.5, 0.6) is 0 Å². The van der Waals surface area contributed by atoms with E-state index in [-0.39, 0.29) is 0 Å². The zero-order valence-corrected chi connectivity index (χ0v) is 9.88. The third kappa shape index (κ3) is 2.65. The number of fused-ring (bicyclic) bond motifs is 1. The Kier molecular flexibility index (Phi) is 4.14. The van der Waals surface area contributed by atoms with Crippen LogP contribution in [0.4, 0.5) is 0 Å². The van der Waals surface area contributed by atoms with Gasteiger partial charge in [0.25, 0.3) is 0 Å². The fraction of sp³-hybridized carbons (Fsp3) is 1.00. The first-order valence-electron chi connectivity index (χ1n) is 5.97. The maximum atomic E-state index is 4.29. The molecule has 0 saturated carbocycles. The maximum absolute atomic E-state index is 4.29. The molecule has 0 aromatic carbocycles. The lowest BCUT2D eigenvalue weighted by Crippen LogP contribution is -2.37. The van der Waals surface area contributed by atoms with Crippen LogP contribution in [0.3, 0.4) is 0 Å². The molecule has 2 fully saturated rings. The third-order valence-corrected chi connectivity index (χ3v) is 3.84. The number of hydrogen-bond acceptors (Lipinski definition) is 3. The van der Waals surface area contributed by atoms with E-state index in [1.165, 1.54) is 58.4 Å². The predicted molar refractivity (Wildman–Crippen MR) is 64.1 cm³/mol. The summed E-state index contributed by atoms with van der Waals surface area (Å²) in [6.07, 6.45) is 5.46. The second kappa shape index (κ2) is 5.38. The van der Waals surface area contributed by atoms with E-state index in [2.05, 4.69) is 22.4 Å². The van der Waals surface area contributed by atoms with Crippen LogP contribution in [0, 0.1) is 0 Å². The van der Waals surface area contributed by atoms with Crippen molar-refractivity contribution in [1.29, 1.82) is 0 Å². The molecule has 2 saturated heterocycles. The first kappa shape index (κ1) is 10.8. The van der Waals surface area contributed by atoms with Gasteiger partial charge in [0.1, 0.15) is 0 Å². The molecule has 1 unspecified atom stereocenters. The second-order valence-corrected chi connectivity index (χ2v) is 5.01. The van der Waals surface area contributed by atoms with E-state index in [1.54, 1.807) is 0 Å². The van der Waals surface area contributed by atoms with Crippen molar-refractivity contribution in [3.63, 3.8) is 0 Å². The van der Waals surface area contributed by atoms with Crippen molar-refractivity contribution in [2.24, 2.45) is 0 Å². The third-order valence-electron chi connectivity index (χ3n) is 3.52. The lowest BCUT2D eigenvalue weighted by Gasteiger charge is -2.25. The topological polar surface area (TPSA) is 6.48 Å². The quantitative estimate of drug-likeness (QED) is 0.711. The molecule has 0 bridgehead atoms. The molecule has 0 N–H and O–H groups in total.